The summed E-state index contributed by atoms with van der Waals surface area (Å²) in [5.74, 6) is 0.0941. The number of urea groups is 1. The van der Waals surface area contributed by atoms with Gasteiger partial charge >= 0.3 is 6.03 Å². The zero-order chi connectivity index (χ0) is 24.3. The molecule has 0 saturated carbocycles. The average Bonchev–Trinajstić information content (AvgIpc) is 2.84. The number of phenols is 1. The molecule has 0 aliphatic heterocycles. The average molecular weight is 465 g/mol. The van der Waals surface area contributed by atoms with Gasteiger partial charge in [-0.3, -0.25) is 4.90 Å². The monoisotopic (exact) mass is 464 g/mol. The Bertz CT molecular complexity index is 1100. The molecule has 0 radical (unpaired) electrons. The third kappa shape index (κ3) is 7.60. The van der Waals surface area contributed by atoms with Crippen LogP contribution in [0.4, 0.5) is 14.9 Å². The molecule has 178 valence electrons. The predicted molar refractivity (Wildman–Crippen MR) is 132 cm³/mol. The maximum atomic E-state index is 13.0. The van der Waals surface area contributed by atoms with E-state index in [4.69, 9.17) is 4.74 Å². The third-order valence-corrected chi connectivity index (χ3v) is 5.20. The molecular weight excluding hydrogens is 435 g/mol. The Morgan fingerprint density at radius 1 is 1.03 bits per heavy atom. The summed E-state index contributed by atoms with van der Waals surface area (Å²) >= 11 is 0. The Labute approximate surface area is 198 Å². The highest BCUT2D eigenvalue weighted by Crippen LogP contribution is 2.23. The van der Waals surface area contributed by atoms with E-state index in [1.54, 1.807) is 24.3 Å². The summed E-state index contributed by atoms with van der Waals surface area (Å²) in [6.45, 7) is 7.33. The van der Waals surface area contributed by atoms with Crippen molar-refractivity contribution < 1.29 is 19.0 Å². The van der Waals surface area contributed by atoms with Crippen LogP contribution in [-0.4, -0.2) is 35.3 Å². The molecule has 0 saturated heterocycles. The molecule has 0 bridgehead atoms. The van der Waals surface area contributed by atoms with Gasteiger partial charge in [-0.1, -0.05) is 38.1 Å². The molecule has 0 fully saturated rings. The number of halogens is 1. The molecule has 0 unspecified atom stereocenters. The first-order chi connectivity index (χ1) is 16.5. The Hall–Kier alpha value is -3.91. The number of amides is 2. The number of carbonyl (C=O) groups is 1. The quantitative estimate of drug-likeness (QED) is 0.288. The molecule has 0 aliphatic carbocycles. The first kappa shape index (κ1) is 24.7. The van der Waals surface area contributed by atoms with Gasteiger partial charge in [0.1, 0.15) is 23.9 Å². The molecule has 0 aliphatic rings. The number of anilines is 1. The van der Waals surface area contributed by atoms with Crippen LogP contribution >= 0.6 is 0 Å². The van der Waals surface area contributed by atoms with Gasteiger partial charge in [-0.25, -0.2) is 14.6 Å². The van der Waals surface area contributed by atoms with E-state index in [1.807, 2.05) is 24.3 Å². The summed E-state index contributed by atoms with van der Waals surface area (Å²) in [5.41, 5.74) is 5.42. The smallest absolute Gasteiger partial charge is 0.339 e. The van der Waals surface area contributed by atoms with Crippen LogP contribution in [-0.2, 0) is 13.2 Å². The summed E-state index contributed by atoms with van der Waals surface area (Å²) in [4.78, 5) is 14.4. The molecule has 3 aromatic carbocycles. The molecule has 7 nitrogen and oxygen atoms in total. The maximum absolute atomic E-state index is 13.0. The second-order valence-electron chi connectivity index (χ2n) is 7.62. The minimum atomic E-state index is -0.494. The first-order valence-electron chi connectivity index (χ1n) is 11.1. The first-order valence-corrected chi connectivity index (χ1v) is 11.1. The van der Waals surface area contributed by atoms with Crippen molar-refractivity contribution in [2.45, 2.75) is 27.0 Å². The lowest BCUT2D eigenvalue weighted by molar-refractivity contribution is 0.252. The summed E-state index contributed by atoms with van der Waals surface area (Å²) in [6, 6.07) is 17.9. The fourth-order valence-electron chi connectivity index (χ4n) is 3.19. The number of carbonyl (C=O) groups excluding carboxylic acids is 1. The van der Waals surface area contributed by atoms with Crippen LogP contribution in [0.3, 0.4) is 0 Å². The van der Waals surface area contributed by atoms with Crippen LogP contribution in [0.2, 0.25) is 0 Å². The van der Waals surface area contributed by atoms with E-state index >= 15 is 0 Å². The van der Waals surface area contributed by atoms with Gasteiger partial charge in [-0.2, -0.15) is 5.10 Å². The summed E-state index contributed by atoms with van der Waals surface area (Å²) < 4.78 is 18.6. The minimum Gasteiger partial charge on any atom is -0.507 e. The molecule has 2 amide bonds. The van der Waals surface area contributed by atoms with Crippen molar-refractivity contribution in [1.82, 2.24) is 10.3 Å². The van der Waals surface area contributed by atoms with Gasteiger partial charge in [0, 0.05) is 23.9 Å². The van der Waals surface area contributed by atoms with E-state index < -0.39 is 6.03 Å². The largest absolute Gasteiger partial charge is 0.507 e. The van der Waals surface area contributed by atoms with Gasteiger partial charge in [0.2, 0.25) is 0 Å². The fraction of sp³-hybridized carbons (Fsp3) is 0.231. The second kappa shape index (κ2) is 12.4. The number of nitrogens with zero attached hydrogens (tertiary/aromatic N) is 2. The number of hydrazone groups is 1. The number of nitrogens with one attached hydrogen (secondary N) is 2. The molecule has 34 heavy (non-hydrogen) atoms. The van der Waals surface area contributed by atoms with E-state index in [2.05, 4.69) is 34.6 Å². The molecule has 0 heterocycles. The number of rotatable bonds is 10. The molecule has 3 aromatic rings. The van der Waals surface area contributed by atoms with Crippen LogP contribution in [0.15, 0.2) is 71.8 Å². The van der Waals surface area contributed by atoms with Crippen molar-refractivity contribution in [2.24, 2.45) is 5.10 Å². The van der Waals surface area contributed by atoms with Gasteiger partial charge in [-0.15, -0.1) is 0 Å². The number of benzene rings is 3. The second-order valence-corrected chi connectivity index (χ2v) is 7.62. The third-order valence-electron chi connectivity index (χ3n) is 5.20. The topological polar surface area (TPSA) is 86.2 Å². The van der Waals surface area contributed by atoms with Crippen LogP contribution in [0.1, 0.15) is 30.5 Å². The van der Waals surface area contributed by atoms with E-state index in [0.29, 0.717) is 17.0 Å². The molecule has 3 N–H and O–H groups in total. The Balaban J connectivity index is 1.47. The Morgan fingerprint density at radius 3 is 2.35 bits per heavy atom. The van der Waals surface area contributed by atoms with Crippen molar-refractivity contribution in [3.05, 3.63) is 89.2 Å². The highest BCUT2D eigenvalue weighted by atomic mass is 19.1. The lowest BCUT2D eigenvalue weighted by Gasteiger charge is -2.18. The minimum absolute atomic E-state index is 0.0497. The van der Waals surface area contributed by atoms with Crippen molar-refractivity contribution in [3.63, 3.8) is 0 Å². The molecule has 0 spiro atoms. The summed E-state index contributed by atoms with van der Waals surface area (Å²) in [5, 5.41) is 16.8. The van der Waals surface area contributed by atoms with Crippen molar-refractivity contribution >= 4 is 17.9 Å². The summed E-state index contributed by atoms with van der Waals surface area (Å²) in [6.07, 6.45) is 1.34. The fourth-order valence-corrected chi connectivity index (χ4v) is 3.19. The number of hydrogen-bond donors (Lipinski definition) is 3. The molecule has 0 aromatic heterocycles. The zero-order valence-electron chi connectivity index (χ0n) is 19.3. The van der Waals surface area contributed by atoms with Gasteiger partial charge in [0.15, 0.2) is 0 Å². The Kier molecular flexibility index (Phi) is 8.99. The number of hydrogen-bond acceptors (Lipinski definition) is 5. The molecule has 3 rings (SSSR count). The Morgan fingerprint density at radius 2 is 1.71 bits per heavy atom. The van der Waals surface area contributed by atoms with Crippen molar-refractivity contribution in [1.29, 1.82) is 0 Å². The summed E-state index contributed by atoms with van der Waals surface area (Å²) in [7, 11) is 0. The van der Waals surface area contributed by atoms with Crippen LogP contribution < -0.4 is 15.5 Å². The van der Waals surface area contributed by atoms with Crippen molar-refractivity contribution in [3.8, 4) is 11.5 Å². The van der Waals surface area contributed by atoms with Gasteiger partial charge in [-0.05, 0) is 60.6 Å². The number of ether oxygens (including phenoxy) is 1. The van der Waals surface area contributed by atoms with Gasteiger partial charge in [0.05, 0.1) is 6.21 Å². The van der Waals surface area contributed by atoms with E-state index in [1.165, 1.54) is 30.0 Å². The number of aromatic hydroxyl groups is 1. The lowest BCUT2D eigenvalue weighted by Crippen LogP contribution is -2.24. The van der Waals surface area contributed by atoms with Gasteiger partial charge < -0.3 is 15.2 Å². The highest BCUT2D eigenvalue weighted by molar-refractivity contribution is 5.90. The van der Waals surface area contributed by atoms with Crippen LogP contribution in [0.25, 0.3) is 0 Å². The number of phenolic OH excluding ortho intramolecular Hbond substituents is 1. The van der Waals surface area contributed by atoms with Crippen molar-refractivity contribution in [2.75, 3.05) is 18.4 Å². The maximum Gasteiger partial charge on any atom is 0.339 e. The standard InChI is InChI=1S/C26H29FN4O3/c1-3-31(4-2)17-19-7-12-23(13-8-19)29-26(33)30-28-16-21-9-14-24(15-25(21)32)34-18-20-5-10-22(27)11-6-20/h5-16,32H,3-4,17-18H2,1-2H3,(H2,29,30,33)/b28-16+. The predicted octanol–water partition coefficient (Wildman–Crippen LogP) is 5.11. The zero-order valence-corrected chi connectivity index (χ0v) is 19.3. The lowest BCUT2D eigenvalue weighted by atomic mass is 10.2. The highest BCUT2D eigenvalue weighted by Gasteiger charge is 2.05. The normalized spacial score (nSPS) is 11.1. The molecule has 8 heteroatoms. The van der Waals surface area contributed by atoms with E-state index in [0.717, 1.165) is 25.2 Å². The SMILES string of the molecule is CCN(CC)Cc1ccc(NC(=O)N/N=C/c2ccc(OCc3ccc(F)cc3)cc2O)cc1. The van der Waals surface area contributed by atoms with E-state index in [9.17, 15) is 14.3 Å². The molecular formula is C26H29FN4O3. The van der Waals surface area contributed by atoms with Gasteiger partial charge in [0.25, 0.3) is 0 Å². The molecule has 0 atom stereocenters. The van der Waals surface area contributed by atoms with E-state index in [-0.39, 0.29) is 18.2 Å². The van der Waals surface area contributed by atoms with Crippen LogP contribution in [0, 0.1) is 5.82 Å². The van der Waals surface area contributed by atoms with Crippen LogP contribution in [0.5, 0.6) is 11.5 Å².